The van der Waals surface area contributed by atoms with Crippen molar-refractivity contribution in [1.29, 1.82) is 0 Å². The number of rotatable bonds is 3. The molecule has 1 unspecified atom stereocenters. The number of nitrogens with zero attached hydrogens (tertiary/aromatic N) is 4. The molecule has 5 rings (SSSR count). The van der Waals surface area contributed by atoms with Crippen molar-refractivity contribution in [1.82, 2.24) is 14.9 Å². The maximum absolute atomic E-state index is 16.1. The van der Waals surface area contributed by atoms with Gasteiger partial charge >= 0.3 is 19.2 Å². The van der Waals surface area contributed by atoms with E-state index >= 15 is 4.39 Å². The van der Waals surface area contributed by atoms with Gasteiger partial charge in [0.1, 0.15) is 22.8 Å². The fourth-order valence-corrected chi connectivity index (χ4v) is 5.51. The summed E-state index contributed by atoms with van der Waals surface area (Å²) in [6.45, 7) is 14.6. The number of hydrogen-bond donors (Lipinski definition) is 0. The van der Waals surface area contributed by atoms with E-state index in [1.165, 1.54) is 7.11 Å². The summed E-state index contributed by atoms with van der Waals surface area (Å²) in [4.78, 5) is 26.1. The Balaban J connectivity index is 1.49. The van der Waals surface area contributed by atoms with E-state index in [0.29, 0.717) is 24.3 Å². The van der Waals surface area contributed by atoms with Crippen LogP contribution in [0, 0.1) is 5.82 Å². The van der Waals surface area contributed by atoms with Crippen molar-refractivity contribution in [2.75, 3.05) is 25.1 Å². The molecule has 0 saturated carbocycles. The summed E-state index contributed by atoms with van der Waals surface area (Å²) in [7, 11) is 0.611. The smallest absolute Gasteiger partial charge is 0.467 e. The molecule has 0 spiro atoms. The number of halogens is 1. The highest BCUT2D eigenvalue weighted by atomic mass is 19.1. The van der Waals surface area contributed by atoms with Gasteiger partial charge in [0.2, 0.25) is 0 Å². The predicted molar refractivity (Wildman–Crippen MR) is 143 cm³/mol. The van der Waals surface area contributed by atoms with Gasteiger partial charge in [0.15, 0.2) is 0 Å². The van der Waals surface area contributed by atoms with Crippen molar-refractivity contribution in [3.63, 3.8) is 0 Å². The number of amides is 1. The molecule has 11 heteroatoms. The Hall–Kier alpha value is -2.66. The molecule has 4 heterocycles. The van der Waals surface area contributed by atoms with E-state index in [9.17, 15) is 4.79 Å². The highest BCUT2D eigenvalue weighted by Crippen LogP contribution is 2.38. The Morgan fingerprint density at radius 3 is 2.37 bits per heavy atom. The molecule has 0 aliphatic carbocycles. The molecule has 2 atom stereocenters. The standard InChI is InChI=1S/C27H38BFN4O5/c1-25(2,3)36-24(34)33-16-9-10-17(33)15-32(14-13-16)22-18-11-12-19(20(29)21(18)30-23(31-22)35-8)28-37-26(4,5)27(6,7)38-28/h11-12,16-17H,9-10,13-15H2,1-8H3/t16-,17?/m1/s1. The third kappa shape index (κ3) is 4.68. The molecular weight excluding hydrogens is 490 g/mol. The Morgan fingerprint density at radius 2 is 1.74 bits per heavy atom. The van der Waals surface area contributed by atoms with Gasteiger partial charge in [0.25, 0.3) is 0 Å². The third-order valence-electron chi connectivity index (χ3n) is 8.17. The zero-order valence-electron chi connectivity index (χ0n) is 23.6. The number of carbonyl (C=O) groups is 1. The average Bonchev–Trinajstić information content (AvgIpc) is 3.22. The number of fused-ring (bicyclic) bond motifs is 3. The molecule has 38 heavy (non-hydrogen) atoms. The highest BCUT2D eigenvalue weighted by Gasteiger charge is 2.52. The lowest BCUT2D eigenvalue weighted by Gasteiger charge is -2.32. The zero-order chi connectivity index (χ0) is 27.6. The predicted octanol–water partition coefficient (Wildman–Crippen LogP) is 4.05. The molecule has 3 saturated heterocycles. The summed E-state index contributed by atoms with van der Waals surface area (Å²) < 4.78 is 39.4. The van der Waals surface area contributed by atoms with Crippen LogP contribution in [-0.2, 0) is 14.0 Å². The second kappa shape index (κ2) is 9.22. The fourth-order valence-electron chi connectivity index (χ4n) is 5.51. The number of ether oxygens (including phenoxy) is 2. The van der Waals surface area contributed by atoms with Crippen molar-refractivity contribution in [2.45, 2.75) is 96.6 Å². The summed E-state index contributed by atoms with van der Waals surface area (Å²) in [5, 5.41) is 0.574. The molecule has 2 bridgehead atoms. The summed E-state index contributed by atoms with van der Waals surface area (Å²) >= 11 is 0. The Bertz CT molecular complexity index is 1230. The van der Waals surface area contributed by atoms with Crippen LogP contribution in [0.25, 0.3) is 10.9 Å². The van der Waals surface area contributed by atoms with Crippen LogP contribution < -0.4 is 15.1 Å². The largest absolute Gasteiger partial charge is 0.497 e. The molecule has 1 aromatic carbocycles. The van der Waals surface area contributed by atoms with Gasteiger partial charge in [-0.25, -0.2) is 9.18 Å². The molecule has 0 radical (unpaired) electrons. The van der Waals surface area contributed by atoms with Crippen LogP contribution in [0.2, 0.25) is 0 Å². The molecule has 206 valence electrons. The van der Waals surface area contributed by atoms with Gasteiger partial charge in [-0.15, -0.1) is 0 Å². The molecule has 3 fully saturated rings. The normalized spacial score (nSPS) is 24.6. The second-order valence-corrected chi connectivity index (χ2v) is 12.5. The van der Waals surface area contributed by atoms with E-state index < -0.39 is 29.7 Å². The van der Waals surface area contributed by atoms with Gasteiger partial charge in [-0.1, -0.05) is 6.07 Å². The van der Waals surface area contributed by atoms with E-state index in [1.807, 2.05) is 59.4 Å². The van der Waals surface area contributed by atoms with E-state index in [1.54, 1.807) is 6.07 Å². The zero-order valence-corrected chi connectivity index (χ0v) is 23.6. The van der Waals surface area contributed by atoms with Crippen LogP contribution in [0.15, 0.2) is 12.1 Å². The van der Waals surface area contributed by atoms with E-state index in [0.717, 1.165) is 19.3 Å². The van der Waals surface area contributed by atoms with Gasteiger partial charge in [-0.2, -0.15) is 9.97 Å². The first-order chi connectivity index (χ1) is 17.7. The Kier molecular flexibility index (Phi) is 6.54. The van der Waals surface area contributed by atoms with Crippen molar-refractivity contribution in [3.8, 4) is 6.01 Å². The first kappa shape index (κ1) is 26.9. The third-order valence-corrected chi connectivity index (χ3v) is 8.17. The maximum Gasteiger partial charge on any atom is 0.497 e. The summed E-state index contributed by atoms with van der Waals surface area (Å²) in [6, 6.07) is 3.66. The average molecular weight is 528 g/mol. The molecular formula is C27H38BFN4O5. The molecule has 3 aliphatic heterocycles. The minimum absolute atomic E-state index is 0.0257. The minimum atomic E-state index is -0.856. The van der Waals surface area contributed by atoms with Crippen molar-refractivity contribution >= 4 is 35.4 Å². The number of hydrogen-bond acceptors (Lipinski definition) is 8. The monoisotopic (exact) mass is 528 g/mol. The molecule has 2 aromatic rings. The van der Waals surface area contributed by atoms with Crippen LogP contribution in [0.3, 0.4) is 0 Å². The van der Waals surface area contributed by atoms with Crippen molar-refractivity contribution < 1.29 is 28.0 Å². The lowest BCUT2D eigenvalue weighted by Crippen LogP contribution is -2.45. The first-order valence-corrected chi connectivity index (χ1v) is 13.4. The summed E-state index contributed by atoms with van der Waals surface area (Å²) in [5.74, 6) is 0.0672. The van der Waals surface area contributed by atoms with Crippen LogP contribution >= 0.6 is 0 Å². The number of methoxy groups -OCH3 is 1. The van der Waals surface area contributed by atoms with Crippen molar-refractivity contribution in [2.24, 2.45) is 0 Å². The highest BCUT2D eigenvalue weighted by molar-refractivity contribution is 6.62. The van der Waals surface area contributed by atoms with Gasteiger partial charge in [-0.3, -0.25) is 0 Å². The molecule has 0 N–H and O–H groups in total. The van der Waals surface area contributed by atoms with E-state index in [2.05, 4.69) is 14.9 Å². The van der Waals surface area contributed by atoms with Gasteiger partial charge in [-0.05, 0) is 73.8 Å². The van der Waals surface area contributed by atoms with Gasteiger partial charge < -0.3 is 28.6 Å². The SMILES string of the molecule is COc1nc(N2CC[C@H]3CCC(C2)N3C(=O)OC(C)(C)C)c2ccc(B3OC(C)(C)C(C)(C)O3)c(F)c2n1. The van der Waals surface area contributed by atoms with Crippen LogP contribution in [0.4, 0.5) is 15.0 Å². The number of anilines is 1. The fraction of sp³-hybridized carbons (Fsp3) is 0.667. The number of aromatic nitrogens is 2. The molecule has 1 amide bonds. The van der Waals surface area contributed by atoms with Crippen LogP contribution in [0.5, 0.6) is 6.01 Å². The van der Waals surface area contributed by atoms with Gasteiger partial charge in [0, 0.05) is 30.0 Å². The second-order valence-electron chi connectivity index (χ2n) is 12.5. The lowest BCUT2D eigenvalue weighted by molar-refractivity contribution is 0.00578. The van der Waals surface area contributed by atoms with Crippen LogP contribution in [0.1, 0.15) is 67.7 Å². The van der Waals surface area contributed by atoms with Gasteiger partial charge in [0.05, 0.1) is 24.4 Å². The molecule has 3 aliphatic rings. The van der Waals surface area contributed by atoms with E-state index in [-0.39, 0.29) is 35.2 Å². The summed E-state index contributed by atoms with van der Waals surface area (Å²) in [5.41, 5.74) is -1.32. The first-order valence-electron chi connectivity index (χ1n) is 13.4. The maximum atomic E-state index is 16.1. The lowest BCUT2D eigenvalue weighted by atomic mass is 9.78. The summed E-state index contributed by atoms with van der Waals surface area (Å²) in [6.07, 6.45) is 2.30. The van der Waals surface area contributed by atoms with E-state index in [4.69, 9.17) is 18.8 Å². The quantitative estimate of drug-likeness (QED) is 0.552. The van der Waals surface area contributed by atoms with Crippen LogP contribution in [-0.4, -0.2) is 77.2 Å². The van der Waals surface area contributed by atoms with Crippen molar-refractivity contribution in [3.05, 3.63) is 17.9 Å². The minimum Gasteiger partial charge on any atom is -0.467 e. The number of carbonyl (C=O) groups excluding carboxylic acids is 1. The number of benzene rings is 1. The molecule has 1 aromatic heterocycles. The topological polar surface area (TPSA) is 86.3 Å². The Morgan fingerprint density at radius 1 is 1.08 bits per heavy atom. The molecule has 9 nitrogen and oxygen atoms in total. The Labute approximate surface area is 224 Å².